The van der Waals surface area contributed by atoms with Crippen molar-refractivity contribution in [3.63, 3.8) is 0 Å². The van der Waals surface area contributed by atoms with Gasteiger partial charge in [-0.1, -0.05) is 0 Å². The highest BCUT2D eigenvalue weighted by Crippen LogP contribution is 2.15. The molecule has 1 fully saturated rings. The summed E-state index contributed by atoms with van der Waals surface area (Å²) in [7, 11) is 1.87. The third-order valence-electron chi connectivity index (χ3n) is 3.09. The molecule has 1 atom stereocenters. The Morgan fingerprint density at radius 2 is 2.53 bits per heavy atom. The van der Waals surface area contributed by atoms with Crippen LogP contribution in [0.3, 0.4) is 0 Å². The minimum absolute atomic E-state index is 0.147. The molecule has 1 amide bonds. The summed E-state index contributed by atoms with van der Waals surface area (Å²) in [6.45, 7) is 4.47. The highest BCUT2D eigenvalue weighted by Gasteiger charge is 2.24. The normalized spacial score (nSPS) is 20.2. The summed E-state index contributed by atoms with van der Waals surface area (Å²) in [6, 6.07) is 0. The van der Waals surface area contributed by atoms with E-state index in [-0.39, 0.29) is 11.8 Å². The van der Waals surface area contributed by atoms with Crippen molar-refractivity contribution in [2.75, 3.05) is 20.1 Å². The van der Waals surface area contributed by atoms with Crippen molar-refractivity contribution in [1.29, 1.82) is 0 Å². The number of hydrogen-bond donors (Lipinski definition) is 1. The lowest BCUT2D eigenvalue weighted by atomic mass is 9.98. The van der Waals surface area contributed by atoms with E-state index < -0.39 is 0 Å². The molecule has 1 aliphatic rings. The number of carbonyl (C=O) groups excluding carboxylic acids is 1. The molecular weight excluding hydrogens is 234 g/mol. The Morgan fingerprint density at radius 1 is 1.71 bits per heavy atom. The van der Waals surface area contributed by atoms with Crippen LogP contribution >= 0.6 is 11.3 Å². The monoisotopic (exact) mass is 253 g/mol. The van der Waals surface area contributed by atoms with Gasteiger partial charge in [0.2, 0.25) is 5.91 Å². The number of nitrogens with one attached hydrogen (secondary N) is 1. The van der Waals surface area contributed by atoms with Gasteiger partial charge in [-0.3, -0.25) is 4.79 Å². The van der Waals surface area contributed by atoms with E-state index in [1.807, 2.05) is 19.4 Å². The molecule has 4 nitrogen and oxygen atoms in total. The Kier molecular flexibility index (Phi) is 4.12. The van der Waals surface area contributed by atoms with Crippen LogP contribution in [-0.4, -0.2) is 35.9 Å². The number of hydrogen-bond acceptors (Lipinski definition) is 4. The molecule has 1 aromatic heterocycles. The van der Waals surface area contributed by atoms with Crippen LogP contribution < -0.4 is 5.32 Å². The summed E-state index contributed by atoms with van der Waals surface area (Å²) in [6.07, 6.45) is 2.10. The maximum Gasteiger partial charge on any atom is 0.227 e. The second-order valence-electron chi connectivity index (χ2n) is 4.60. The second-order valence-corrected chi connectivity index (χ2v) is 5.66. The molecular formula is C12H19N3OS. The third kappa shape index (κ3) is 3.26. The Morgan fingerprint density at radius 3 is 3.12 bits per heavy atom. The summed E-state index contributed by atoms with van der Waals surface area (Å²) < 4.78 is 0. The Bertz CT molecular complexity index is 385. The first-order chi connectivity index (χ1) is 8.16. The number of aromatic nitrogens is 1. The number of aryl methyl sites for hydroxylation is 1. The van der Waals surface area contributed by atoms with Gasteiger partial charge < -0.3 is 10.2 Å². The molecule has 0 spiro atoms. The average Bonchev–Trinajstić information content (AvgIpc) is 2.75. The first-order valence-electron chi connectivity index (χ1n) is 6.03. The third-order valence-corrected chi connectivity index (χ3v) is 3.91. The molecule has 94 valence electrons. The first kappa shape index (κ1) is 12.5. The van der Waals surface area contributed by atoms with Crippen molar-refractivity contribution in [3.8, 4) is 0 Å². The van der Waals surface area contributed by atoms with Crippen LogP contribution in [0, 0.1) is 12.8 Å². The van der Waals surface area contributed by atoms with Crippen molar-refractivity contribution < 1.29 is 4.79 Å². The van der Waals surface area contributed by atoms with Crippen LogP contribution in [0.15, 0.2) is 5.38 Å². The van der Waals surface area contributed by atoms with Gasteiger partial charge in [-0.05, 0) is 26.3 Å². The Balaban J connectivity index is 1.90. The number of carbonyl (C=O) groups is 1. The van der Waals surface area contributed by atoms with Gasteiger partial charge in [0.25, 0.3) is 0 Å². The zero-order valence-electron chi connectivity index (χ0n) is 10.4. The van der Waals surface area contributed by atoms with Gasteiger partial charge >= 0.3 is 0 Å². The number of thiazole rings is 1. The van der Waals surface area contributed by atoms with Crippen LogP contribution in [0.5, 0.6) is 0 Å². The second kappa shape index (κ2) is 5.60. The van der Waals surface area contributed by atoms with Crippen molar-refractivity contribution >= 4 is 17.2 Å². The molecule has 0 aliphatic carbocycles. The molecule has 5 heteroatoms. The zero-order chi connectivity index (χ0) is 12.3. The minimum Gasteiger partial charge on any atom is -0.340 e. The maximum absolute atomic E-state index is 12.2. The van der Waals surface area contributed by atoms with Crippen molar-refractivity contribution in [1.82, 2.24) is 15.2 Å². The molecule has 0 radical (unpaired) electrons. The molecule has 1 aromatic rings. The van der Waals surface area contributed by atoms with Gasteiger partial charge in [-0.2, -0.15) is 0 Å². The van der Waals surface area contributed by atoms with Gasteiger partial charge in [-0.25, -0.2) is 4.98 Å². The van der Waals surface area contributed by atoms with Crippen LogP contribution in [0.4, 0.5) is 0 Å². The predicted molar refractivity (Wildman–Crippen MR) is 68.9 cm³/mol. The van der Waals surface area contributed by atoms with E-state index in [0.717, 1.165) is 36.6 Å². The SMILES string of the molecule is Cc1nc(CN(C)C(=O)[C@H]2CCCNC2)cs1. The topological polar surface area (TPSA) is 45.2 Å². The molecule has 1 N–H and O–H groups in total. The summed E-state index contributed by atoms with van der Waals surface area (Å²) in [5.41, 5.74) is 0.993. The Labute approximate surface area is 106 Å². The van der Waals surface area contributed by atoms with Gasteiger partial charge in [-0.15, -0.1) is 11.3 Å². The largest absolute Gasteiger partial charge is 0.340 e. The quantitative estimate of drug-likeness (QED) is 0.886. The van der Waals surface area contributed by atoms with Gasteiger partial charge in [0, 0.05) is 19.0 Å². The predicted octanol–water partition coefficient (Wildman–Crippen LogP) is 1.41. The van der Waals surface area contributed by atoms with Crippen molar-refractivity contribution in [2.24, 2.45) is 5.92 Å². The van der Waals surface area contributed by atoms with Gasteiger partial charge in [0.05, 0.1) is 23.2 Å². The summed E-state index contributed by atoms with van der Waals surface area (Å²) in [5.74, 6) is 0.385. The van der Waals surface area contributed by atoms with Gasteiger partial charge in [0.1, 0.15) is 0 Å². The van der Waals surface area contributed by atoms with Crippen LogP contribution in [0.2, 0.25) is 0 Å². The number of rotatable bonds is 3. The van der Waals surface area contributed by atoms with Crippen molar-refractivity contribution in [2.45, 2.75) is 26.3 Å². The van der Waals surface area contributed by atoms with Gasteiger partial charge in [0.15, 0.2) is 0 Å². The van der Waals surface area contributed by atoms with E-state index in [9.17, 15) is 4.79 Å². The molecule has 17 heavy (non-hydrogen) atoms. The highest BCUT2D eigenvalue weighted by molar-refractivity contribution is 7.09. The minimum atomic E-state index is 0.147. The molecule has 2 heterocycles. The van der Waals surface area contributed by atoms with Crippen LogP contribution in [-0.2, 0) is 11.3 Å². The fraction of sp³-hybridized carbons (Fsp3) is 0.667. The van der Waals surface area contributed by atoms with E-state index in [2.05, 4.69) is 10.3 Å². The average molecular weight is 253 g/mol. The highest BCUT2D eigenvalue weighted by atomic mass is 32.1. The fourth-order valence-corrected chi connectivity index (χ4v) is 2.78. The lowest BCUT2D eigenvalue weighted by Gasteiger charge is -2.26. The van der Waals surface area contributed by atoms with Crippen molar-refractivity contribution in [3.05, 3.63) is 16.1 Å². The van der Waals surface area contributed by atoms with E-state index >= 15 is 0 Å². The summed E-state index contributed by atoms with van der Waals surface area (Å²) >= 11 is 1.63. The number of nitrogens with zero attached hydrogens (tertiary/aromatic N) is 2. The van der Waals surface area contributed by atoms with E-state index in [4.69, 9.17) is 0 Å². The molecule has 1 saturated heterocycles. The zero-order valence-corrected chi connectivity index (χ0v) is 11.2. The van der Waals surface area contributed by atoms with Crippen LogP contribution in [0.25, 0.3) is 0 Å². The molecule has 0 unspecified atom stereocenters. The van der Waals surface area contributed by atoms with E-state index in [1.165, 1.54) is 0 Å². The van der Waals surface area contributed by atoms with Crippen LogP contribution in [0.1, 0.15) is 23.5 Å². The smallest absolute Gasteiger partial charge is 0.227 e. The van der Waals surface area contributed by atoms with E-state index in [1.54, 1.807) is 16.2 Å². The molecule has 0 aromatic carbocycles. The molecule has 0 bridgehead atoms. The first-order valence-corrected chi connectivity index (χ1v) is 6.91. The molecule has 1 aliphatic heterocycles. The number of amides is 1. The molecule has 0 saturated carbocycles. The molecule has 2 rings (SSSR count). The summed E-state index contributed by atoms with van der Waals surface area (Å²) in [5, 5.41) is 6.36. The lowest BCUT2D eigenvalue weighted by Crippen LogP contribution is -2.41. The standard InChI is InChI=1S/C12H19N3OS/c1-9-14-11(8-17-9)7-15(2)12(16)10-4-3-5-13-6-10/h8,10,13H,3-7H2,1-2H3/t10-/m0/s1. The lowest BCUT2D eigenvalue weighted by molar-refractivity contribution is -0.135. The Hall–Kier alpha value is -0.940. The number of piperidine rings is 1. The summed E-state index contributed by atoms with van der Waals surface area (Å²) in [4.78, 5) is 18.4. The van der Waals surface area contributed by atoms with E-state index in [0.29, 0.717) is 6.54 Å². The maximum atomic E-state index is 12.2. The fourth-order valence-electron chi connectivity index (χ4n) is 2.18.